The largest absolute Gasteiger partial charge is 0.355 e. The molecule has 26 heavy (non-hydrogen) atoms. The van der Waals surface area contributed by atoms with E-state index >= 15 is 0 Å². The van der Waals surface area contributed by atoms with Gasteiger partial charge in [-0.3, -0.25) is 9.59 Å². The normalized spacial score (nSPS) is 16.8. The minimum Gasteiger partial charge on any atom is -0.355 e. The van der Waals surface area contributed by atoms with Gasteiger partial charge >= 0.3 is 0 Å². The van der Waals surface area contributed by atoms with Crippen LogP contribution in [0, 0.1) is 12.8 Å². The van der Waals surface area contributed by atoms with Crippen molar-refractivity contribution in [1.29, 1.82) is 0 Å². The van der Waals surface area contributed by atoms with E-state index in [0.717, 1.165) is 16.8 Å². The van der Waals surface area contributed by atoms with Crippen LogP contribution in [0.15, 0.2) is 42.5 Å². The van der Waals surface area contributed by atoms with Crippen LogP contribution >= 0.6 is 23.2 Å². The van der Waals surface area contributed by atoms with Crippen LogP contribution < -0.4 is 10.2 Å². The van der Waals surface area contributed by atoms with Gasteiger partial charge in [-0.1, -0.05) is 47.0 Å². The Labute approximate surface area is 163 Å². The van der Waals surface area contributed by atoms with Crippen molar-refractivity contribution in [1.82, 2.24) is 5.32 Å². The third-order valence-corrected chi connectivity index (χ3v) is 5.14. The first-order valence-electron chi connectivity index (χ1n) is 8.52. The molecule has 1 heterocycles. The summed E-state index contributed by atoms with van der Waals surface area (Å²) in [6, 6.07) is 13.1. The molecular formula is C20H20Cl2N2O2. The topological polar surface area (TPSA) is 49.4 Å². The zero-order chi connectivity index (χ0) is 18.7. The van der Waals surface area contributed by atoms with Crippen LogP contribution in [-0.4, -0.2) is 24.9 Å². The van der Waals surface area contributed by atoms with Crippen molar-refractivity contribution in [3.63, 3.8) is 0 Å². The van der Waals surface area contributed by atoms with Crippen LogP contribution in [-0.2, 0) is 16.0 Å². The van der Waals surface area contributed by atoms with E-state index in [1.165, 1.54) is 0 Å². The molecule has 3 rings (SSSR count). The second-order valence-electron chi connectivity index (χ2n) is 6.52. The number of benzene rings is 2. The van der Waals surface area contributed by atoms with Crippen molar-refractivity contribution in [3.8, 4) is 0 Å². The van der Waals surface area contributed by atoms with E-state index in [0.29, 0.717) is 29.6 Å². The molecule has 136 valence electrons. The van der Waals surface area contributed by atoms with Crippen LogP contribution in [0.4, 0.5) is 5.69 Å². The molecule has 0 aromatic heterocycles. The van der Waals surface area contributed by atoms with Gasteiger partial charge < -0.3 is 10.2 Å². The molecule has 2 amide bonds. The predicted octanol–water partition coefficient (Wildman–Crippen LogP) is 4.01. The molecule has 0 saturated carbocycles. The second kappa shape index (κ2) is 8.11. The highest BCUT2D eigenvalue weighted by atomic mass is 35.5. The SMILES string of the molecule is Cc1ccc(N2C[C@@H](C(=O)NCCc3ccc(Cl)cc3Cl)CC2=O)cc1. The molecule has 1 N–H and O–H groups in total. The fourth-order valence-corrected chi connectivity index (χ4v) is 3.55. The molecule has 1 aliphatic heterocycles. The van der Waals surface area contributed by atoms with Crippen LogP contribution in [0.25, 0.3) is 0 Å². The lowest BCUT2D eigenvalue weighted by atomic mass is 10.1. The third kappa shape index (κ3) is 4.37. The molecule has 1 atom stereocenters. The number of nitrogens with one attached hydrogen (secondary N) is 1. The Bertz CT molecular complexity index is 821. The second-order valence-corrected chi connectivity index (χ2v) is 7.36. The highest BCUT2D eigenvalue weighted by molar-refractivity contribution is 6.35. The number of anilines is 1. The predicted molar refractivity (Wildman–Crippen MR) is 105 cm³/mol. The van der Waals surface area contributed by atoms with Gasteiger partial charge in [-0.05, 0) is 43.2 Å². The van der Waals surface area contributed by atoms with Crippen molar-refractivity contribution in [2.45, 2.75) is 19.8 Å². The first kappa shape index (κ1) is 18.7. The van der Waals surface area contributed by atoms with E-state index in [9.17, 15) is 9.59 Å². The molecule has 6 heteroatoms. The van der Waals surface area contributed by atoms with Gasteiger partial charge in [-0.15, -0.1) is 0 Å². The van der Waals surface area contributed by atoms with Crippen LogP contribution in [0.1, 0.15) is 17.5 Å². The fourth-order valence-electron chi connectivity index (χ4n) is 3.05. The monoisotopic (exact) mass is 390 g/mol. The van der Waals surface area contributed by atoms with Gasteiger partial charge in [0.2, 0.25) is 11.8 Å². The van der Waals surface area contributed by atoms with Crippen molar-refractivity contribution in [3.05, 3.63) is 63.6 Å². The van der Waals surface area contributed by atoms with Crippen molar-refractivity contribution in [2.75, 3.05) is 18.0 Å². The molecule has 0 unspecified atom stereocenters. The average molecular weight is 391 g/mol. The standard InChI is InChI=1S/C20H20Cl2N2O2/c1-13-2-6-17(7-3-13)24-12-15(10-19(24)25)20(26)23-9-8-14-4-5-16(21)11-18(14)22/h2-7,11,15H,8-10,12H2,1H3,(H,23,26)/t15-/m0/s1. The number of hydrogen-bond acceptors (Lipinski definition) is 2. The highest BCUT2D eigenvalue weighted by Gasteiger charge is 2.34. The van der Waals surface area contributed by atoms with E-state index in [4.69, 9.17) is 23.2 Å². The summed E-state index contributed by atoms with van der Waals surface area (Å²) in [5, 5.41) is 4.08. The quantitative estimate of drug-likeness (QED) is 0.837. The number of carbonyl (C=O) groups excluding carboxylic acids is 2. The van der Waals surface area contributed by atoms with Gasteiger partial charge in [-0.2, -0.15) is 0 Å². The smallest absolute Gasteiger partial charge is 0.227 e. The summed E-state index contributed by atoms with van der Waals surface area (Å²) in [6.07, 6.45) is 0.853. The van der Waals surface area contributed by atoms with Gasteiger partial charge in [0.15, 0.2) is 0 Å². The van der Waals surface area contributed by atoms with Crippen LogP contribution in [0.2, 0.25) is 10.0 Å². The van der Waals surface area contributed by atoms with Gasteiger partial charge in [0.05, 0.1) is 5.92 Å². The molecule has 1 aliphatic rings. The lowest BCUT2D eigenvalue weighted by Crippen LogP contribution is -2.34. The van der Waals surface area contributed by atoms with Crippen molar-refractivity contribution < 1.29 is 9.59 Å². The number of rotatable bonds is 5. The molecule has 1 fully saturated rings. The Morgan fingerprint density at radius 2 is 1.92 bits per heavy atom. The summed E-state index contributed by atoms with van der Waals surface area (Å²) < 4.78 is 0. The molecule has 0 bridgehead atoms. The highest BCUT2D eigenvalue weighted by Crippen LogP contribution is 2.25. The van der Waals surface area contributed by atoms with Crippen LogP contribution in [0.5, 0.6) is 0 Å². The first-order chi connectivity index (χ1) is 12.4. The minimum absolute atomic E-state index is 0.0188. The summed E-state index contributed by atoms with van der Waals surface area (Å²) in [4.78, 5) is 26.3. The molecule has 0 aliphatic carbocycles. The van der Waals surface area contributed by atoms with Crippen molar-refractivity contribution in [2.24, 2.45) is 5.92 Å². The molecule has 2 aromatic carbocycles. The number of nitrogens with zero attached hydrogens (tertiary/aromatic N) is 1. The lowest BCUT2D eigenvalue weighted by molar-refractivity contribution is -0.126. The summed E-state index contributed by atoms with van der Waals surface area (Å²) in [5.41, 5.74) is 2.90. The maximum atomic E-state index is 12.4. The first-order valence-corrected chi connectivity index (χ1v) is 9.28. The zero-order valence-corrected chi connectivity index (χ0v) is 16.0. The molecule has 2 aromatic rings. The van der Waals surface area contributed by atoms with Gasteiger partial charge in [-0.25, -0.2) is 0 Å². The summed E-state index contributed by atoms with van der Waals surface area (Å²) in [6.45, 7) is 2.88. The Morgan fingerprint density at radius 3 is 2.62 bits per heavy atom. The molecule has 4 nitrogen and oxygen atoms in total. The third-order valence-electron chi connectivity index (χ3n) is 4.55. The van der Waals surface area contributed by atoms with E-state index < -0.39 is 0 Å². The van der Waals surface area contributed by atoms with Gasteiger partial charge in [0.25, 0.3) is 0 Å². The van der Waals surface area contributed by atoms with E-state index in [1.807, 2.05) is 37.3 Å². The number of carbonyl (C=O) groups is 2. The van der Waals surface area contributed by atoms with E-state index in [-0.39, 0.29) is 24.2 Å². The maximum Gasteiger partial charge on any atom is 0.227 e. The fraction of sp³-hybridized carbons (Fsp3) is 0.300. The average Bonchev–Trinajstić information content (AvgIpc) is 2.99. The lowest BCUT2D eigenvalue weighted by Gasteiger charge is -2.17. The Kier molecular flexibility index (Phi) is 5.84. The van der Waals surface area contributed by atoms with E-state index in [1.54, 1.807) is 17.0 Å². The Morgan fingerprint density at radius 1 is 1.19 bits per heavy atom. The van der Waals surface area contributed by atoms with Gasteiger partial charge in [0.1, 0.15) is 0 Å². The van der Waals surface area contributed by atoms with Gasteiger partial charge in [0, 0.05) is 35.2 Å². The molecule has 0 spiro atoms. The zero-order valence-electron chi connectivity index (χ0n) is 14.5. The number of halogens is 2. The Hall–Kier alpha value is -2.04. The number of aryl methyl sites for hydroxylation is 1. The summed E-state index contributed by atoms with van der Waals surface area (Å²) >= 11 is 12.0. The minimum atomic E-state index is -0.329. The molecular weight excluding hydrogens is 371 g/mol. The van der Waals surface area contributed by atoms with E-state index in [2.05, 4.69) is 5.32 Å². The number of amides is 2. The Balaban J connectivity index is 1.54. The molecule has 0 radical (unpaired) electrons. The summed E-state index contributed by atoms with van der Waals surface area (Å²) in [5.74, 6) is -0.447. The molecule has 1 saturated heterocycles. The van der Waals surface area contributed by atoms with Crippen molar-refractivity contribution >= 4 is 40.7 Å². The summed E-state index contributed by atoms with van der Waals surface area (Å²) in [7, 11) is 0. The number of hydrogen-bond donors (Lipinski definition) is 1. The maximum absolute atomic E-state index is 12.4. The van der Waals surface area contributed by atoms with Crippen LogP contribution in [0.3, 0.4) is 0 Å².